The fourth-order valence-corrected chi connectivity index (χ4v) is 7.61. The van der Waals surface area contributed by atoms with Crippen LogP contribution in [0.2, 0.25) is 0 Å². The maximum Gasteiger partial charge on any atom is 0.295 e. The van der Waals surface area contributed by atoms with Crippen molar-refractivity contribution in [2.75, 3.05) is 0 Å². The maximum atomic E-state index is 14.8. The van der Waals surface area contributed by atoms with Crippen LogP contribution in [0.4, 0.5) is 0 Å². The Morgan fingerprint density at radius 1 is 0.714 bits per heavy atom. The van der Waals surface area contributed by atoms with Gasteiger partial charge >= 0.3 is 0 Å². The summed E-state index contributed by atoms with van der Waals surface area (Å²) in [6.07, 6.45) is 0. The minimum atomic E-state index is -4.84. The molecule has 0 saturated heterocycles. The minimum absolute atomic E-state index is 0.0101. The third-order valence-electron chi connectivity index (χ3n) is 8.62. The molecule has 0 aliphatic carbocycles. The van der Waals surface area contributed by atoms with E-state index in [1.165, 1.54) is 47.4 Å². The number of phenols is 1. The summed E-state index contributed by atoms with van der Waals surface area (Å²) in [5.41, 5.74) is 4.05. The summed E-state index contributed by atoms with van der Waals surface area (Å²) in [5, 5.41) is 10.5. The zero-order chi connectivity index (χ0) is 35.2. The lowest BCUT2D eigenvalue weighted by atomic mass is 9.88. The number of nitrogens with zero attached hydrogens (tertiary/aromatic N) is 1. The number of benzene rings is 5. The number of ether oxygens (including phenoxy) is 1. The lowest BCUT2D eigenvalue weighted by Gasteiger charge is -2.25. The SMILES string of the molecule is Cc1ccc(S(=O)(=O)O)c(-c2cc(-c3cc(C)ccc3S(=O)(=O)O)c(C(=O)N3Cc4cccc(O)c4C3)c(OCc3ccccc3)c2C)c1. The first-order valence-corrected chi connectivity index (χ1v) is 18.1. The lowest BCUT2D eigenvalue weighted by Crippen LogP contribution is -2.27. The average molecular weight is 700 g/mol. The Balaban J connectivity index is 1.70. The minimum Gasteiger partial charge on any atom is -0.508 e. The van der Waals surface area contributed by atoms with Gasteiger partial charge in [0, 0.05) is 28.8 Å². The van der Waals surface area contributed by atoms with Crippen LogP contribution in [-0.4, -0.2) is 41.9 Å². The molecular formula is C37H33NO9S2. The Morgan fingerprint density at radius 3 is 1.88 bits per heavy atom. The lowest BCUT2D eigenvalue weighted by molar-refractivity contribution is 0.0746. The molecule has 1 aliphatic rings. The van der Waals surface area contributed by atoms with Crippen molar-refractivity contribution in [3.8, 4) is 33.8 Å². The predicted molar refractivity (Wildman–Crippen MR) is 184 cm³/mol. The molecule has 0 atom stereocenters. The number of amides is 1. The highest BCUT2D eigenvalue weighted by atomic mass is 32.2. The summed E-state index contributed by atoms with van der Waals surface area (Å²) >= 11 is 0. The summed E-state index contributed by atoms with van der Waals surface area (Å²) in [4.78, 5) is 15.4. The van der Waals surface area contributed by atoms with Crippen molar-refractivity contribution in [2.24, 2.45) is 0 Å². The molecule has 0 saturated carbocycles. The first kappa shape index (κ1) is 33.9. The van der Waals surface area contributed by atoms with Gasteiger partial charge in [0.2, 0.25) is 0 Å². The smallest absolute Gasteiger partial charge is 0.295 e. The third-order valence-corrected chi connectivity index (χ3v) is 10.4. The van der Waals surface area contributed by atoms with Gasteiger partial charge < -0.3 is 14.7 Å². The fraction of sp³-hybridized carbons (Fsp3) is 0.162. The molecule has 5 aromatic rings. The first-order valence-electron chi connectivity index (χ1n) is 15.2. The summed E-state index contributed by atoms with van der Waals surface area (Å²) in [5.74, 6) is -0.470. The van der Waals surface area contributed by atoms with E-state index in [0.717, 1.165) is 11.1 Å². The third kappa shape index (κ3) is 6.68. The van der Waals surface area contributed by atoms with Crippen molar-refractivity contribution in [3.05, 3.63) is 130 Å². The molecule has 10 nitrogen and oxygen atoms in total. The second-order valence-electron chi connectivity index (χ2n) is 12.1. The number of fused-ring (bicyclic) bond motifs is 1. The molecule has 1 heterocycles. The summed E-state index contributed by atoms with van der Waals surface area (Å²) in [6, 6.07) is 24.3. The number of hydrogen-bond acceptors (Lipinski definition) is 7. The largest absolute Gasteiger partial charge is 0.508 e. The van der Waals surface area contributed by atoms with E-state index in [0.29, 0.717) is 22.3 Å². The maximum absolute atomic E-state index is 14.8. The van der Waals surface area contributed by atoms with Crippen LogP contribution in [0, 0.1) is 20.8 Å². The number of carbonyl (C=O) groups excluding carboxylic acids is 1. The van der Waals surface area contributed by atoms with Crippen molar-refractivity contribution < 1.29 is 40.6 Å². The van der Waals surface area contributed by atoms with Gasteiger partial charge in [-0.15, -0.1) is 0 Å². The molecule has 0 fully saturated rings. The number of carbonyl (C=O) groups is 1. The summed E-state index contributed by atoms with van der Waals surface area (Å²) < 4.78 is 78.0. The van der Waals surface area contributed by atoms with Gasteiger partial charge in [0.25, 0.3) is 26.1 Å². The summed E-state index contributed by atoms with van der Waals surface area (Å²) in [7, 11) is -9.59. The van der Waals surface area contributed by atoms with Crippen molar-refractivity contribution in [1.82, 2.24) is 4.90 Å². The number of rotatable bonds is 8. The van der Waals surface area contributed by atoms with Gasteiger partial charge in [0.15, 0.2) is 0 Å². The van der Waals surface area contributed by atoms with Gasteiger partial charge in [0.05, 0.1) is 12.1 Å². The highest BCUT2D eigenvalue weighted by Gasteiger charge is 2.34. The molecule has 0 unspecified atom stereocenters. The molecule has 49 heavy (non-hydrogen) atoms. The molecule has 1 aliphatic heterocycles. The molecule has 0 aromatic heterocycles. The summed E-state index contributed by atoms with van der Waals surface area (Å²) in [6.45, 7) is 5.31. The van der Waals surface area contributed by atoms with Crippen LogP contribution >= 0.6 is 0 Å². The van der Waals surface area contributed by atoms with E-state index in [1.54, 1.807) is 39.0 Å². The predicted octanol–water partition coefficient (Wildman–Crippen LogP) is 6.88. The first-order chi connectivity index (χ1) is 23.1. The van der Waals surface area contributed by atoms with Gasteiger partial charge in [-0.3, -0.25) is 13.9 Å². The highest BCUT2D eigenvalue weighted by molar-refractivity contribution is 7.86. The Bertz CT molecular complexity index is 2350. The van der Waals surface area contributed by atoms with Crippen LogP contribution in [0.3, 0.4) is 0 Å². The van der Waals surface area contributed by atoms with Gasteiger partial charge in [-0.25, -0.2) is 0 Å². The van der Waals surface area contributed by atoms with Gasteiger partial charge in [-0.2, -0.15) is 16.8 Å². The molecule has 252 valence electrons. The fourth-order valence-electron chi connectivity index (χ4n) is 6.24. The van der Waals surface area contributed by atoms with E-state index in [2.05, 4.69) is 0 Å². The van der Waals surface area contributed by atoms with Gasteiger partial charge in [-0.1, -0.05) is 77.9 Å². The van der Waals surface area contributed by atoms with Gasteiger partial charge in [-0.05, 0) is 67.3 Å². The molecule has 12 heteroatoms. The van der Waals surface area contributed by atoms with Crippen molar-refractivity contribution in [1.29, 1.82) is 0 Å². The quantitative estimate of drug-likeness (QED) is 0.147. The van der Waals surface area contributed by atoms with E-state index in [-0.39, 0.29) is 59.0 Å². The zero-order valence-electron chi connectivity index (χ0n) is 26.8. The van der Waals surface area contributed by atoms with Crippen molar-refractivity contribution in [3.63, 3.8) is 0 Å². The second-order valence-corrected chi connectivity index (χ2v) is 14.9. The Kier molecular flexibility index (Phi) is 8.84. The van der Waals surface area contributed by atoms with Crippen LogP contribution in [0.15, 0.2) is 101 Å². The van der Waals surface area contributed by atoms with Crippen molar-refractivity contribution >= 4 is 26.1 Å². The average Bonchev–Trinajstić information content (AvgIpc) is 3.49. The topological polar surface area (TPSA) is 159 Å². The molecule has 0 spiro atoms. The van der Waals surface area contributed by atoms with E-state index < -0.39 is 35.9 Å². The molecule has 5 aromatic carbocycles. The van der Waals surface area contributed by atoms with E-state index in [4.69, 9.17) is 4.74 Å². The van der Waals surface area contributed by atoms with Crippen LogP contribution in [0.25, 0.3) is 22.3 Å². The monoisotopic (exact) mass is 699 g/mol. The van der Waals surface area contributed by atoms with Crippen LogP contribution in [-0.2, 0) is 39.9 Å². The Hall–Kier alpha value is -5.01. The van der Waals surface area contributed by atoms with Gasteiger partial charge in [0.1, 0.15) is 27.9 Å². The number of aryl methyl sites for hydroxylation is 2. The number of aromatic hydroxyl groups is 1. The van der Waals surface area contributed by atoms with Crippen LogP contribution in [0.5, 0.6) is 11.5 Å². The normalized spacial score (nSPS) is 13.0. The Labute approximate surface area is 284 Å². The van der Waals surface area contributed by atoms with E-state index in [1.807, 2.05) is 30.3 Å². The molecule has 6 rings (SSSR count). The molecule has 0 radical (unpaired) electrons. The molecular weight excluding hydrogens is 667 g/mol. The van der Waals surface area contributed by atoms with Crippen LogP contribution < -0.4 is 4.74 Å². The Morgan fingerprint density at radius 2 is 1.31 bits per heavy atom. The van der Waals surface area contributed by atoms with E-state index in [9.17, 15) is 35.8 Å². The molecule has 0 bridgehead atoms. The van der Waals surface area contributed by atoms with Crippen molar-refractivity contribution in [2.45, 2.75) is 50.3 Å². The zero-order valence-corrected chi connectivity index (χ0v) is 28.5. The number of hydrogen-bond donors (Lipinski definition) is 3. The van der Waals surface area contributed by atoms with E-state index >= 15 is 0 Å². The van der Waals surface area contributed by atoms with Crippen LogP contribution in [0.1, 0.15) is 43.7 Å². The molecule has 3 N–H and O–H groups in total. The number of phenolic OH excluding ortho intramolecular Hbond substituents is 1. The standard InChI is InChI=1S/C37H33NO9S2/c1-22-12-14-33(48(41,42)43)28(16-22)27-18-30(29-17-23(2)13-15-34(29)49(44,45)46)35(36(24(27)3)47-21-25-8-5-4-6-9-25)37(40)38-19-26-10-7-11-32(39)31(26)20-38/h4-18,39H,19-21H2,1-3H3,(H,41,42,43)(H,44,45,46). The second kappa shape index (κ2) is 12.8. The molecule has 1 amide bonds. The highest BCUT2D eigenvalue weighted by Crippen LogP contribution is 2.45.